The van der Waals surface area contributed by atoms with E-state index in [1.807, 2.05) is 6.07 Å². The van der Waals surface area contributed by atoms with Gasteiger partial charge in [0.2, 0.25) is 10.0 Å². The molecule has 0 unspecified atom stereocenters. The zero-order valence-corrected chi connectivity index (χ0v) is 17.0. The van der Waals surface area contributed by atoms with Gasteiger partial charge in [0.1, 0.15) is 11.5 Å². The number of sulfonamides is 1. The lowest BCUT2D eigenvalue weighted by molar-refractivity contribution is -0.118. The van der Waals surface area contributed by atoms with Gasteiger partial charge in [-0.3, -0.25) is 4.79 Å². The Morgan fingerprint density at radius 3 is 2.64 bits per heavy atom. The van der Waals surface area contributed by atoms with E-state index in [-0.39, 0.29) is 18.0 Å². The smallest absolute Gasteiger partial charge is 0.262 e. The van der Waals surface area contributed by atoms with Gasteiger partial charge in [0, 0.05) is 10.2 Å². The Morgan fingerprint density at radius 1 is 1.07 bits per heavy atom. The third-order valence-corrected chi connectivity index (χ3v) is 5.50. The number of rotatable bonds is 8. The summed E-state index contributed by atoms with van der Waals surface area (Å²) in [7, 11) is -3.75. The van der Waals surface area contributed by atoms with Crippen molar-refractivity contribution in [2.75, 3.05) is 11.9 Å². The molecule has 7 nitrogen and oxygen atoms in total. The van der Waals surface area contributed by atoms with Crippen molar-refractivity contribution in [3.8, 4) is 5.75 Å². The highest BCUT2D eigenvalue weighted by molar-refractivity contribution is 9.10. The van der Waals surface area contributed by atoms with E-state index in [4.69, 9.17) is 9.15 Å². The lowest BCUT2D eigenvalue weighted by atomic mass is 10.3. The van der Waals surface area contributed by atoms with Crippen LogP contribution in [-0.2, 0) is 21.4 Å². The van der Waals surface area contributed by atoms with Crippen molar-refractivity contribution in [3.05, 3.63) is 77.2 Å². The van der Waals surface area contributed by atoms with E-state index in [1.165, 1.54) is 18.4 Å². The molecule has 0 radical (unpaired) electrons. The Balaban J connectivity index is 1.59. The van der Waals surface area contributed by atoms with Crippen LogP contribution >= 0.6 is 15.9 Å². The first-order chi connectivity index (χ1) is 13.4. The molecule has 3 rings (SSSR count). The van der Waals surface area contributed by atoms with Gasteiger partial charge in [0.05, 0.1) is 17.7 Å². The lowest BCUT2D eigenvalue weighted by Gasteiger charge is -2.10. The molecule has 0 atom stereocenters. The normalized spacial score (nSPS) is 11.2. The molecule has 28 heavy (non-hydrogen) atoms. The summed E-state index contributed by atoms with van der Waals surface area (Å²) in [5, 5.41) is 2.62. The number of nitrogens with one attached hydrogen (secondary N) is 2. The van der Waals surface area contributed by atoms with Crippen molar-refractivity contribution in [2.45, 2.75) is 11.4 Å². The van der Waals surface area contributed by atoms with Crippen molar-refractivity contribution < 1.29 is 22.4 Å². The summed E-state index contributed by atoms with van der Waals surface area (Å²) >= 11 is 3.33. The van der Waals surface area contributed by atoms with Gasteiger partial charge >= 0.3 is 0 Å². The number of furan rings is 1. The van der Waals surface area contributed by atoms with Crippen LogP contribution in [0, 0.1) is 0 Å². The number of benzene rings is 2. The number of halogens is 1. The summed E-state index contributed by atoms with van der Waals surface area (Å²) in [5.41, 5.74) is 0.351. The number of carbonyl (C=O) groups is 1. The fourth-order valence-electron chi connectivity index (χ4n) is 2.31. The number of ether oxygens (including phenoxy) is 1. The molecule has 2 N–H and O–H groups in total. The van der Waals surface area contributed by atoms with Gasteiger partial charge in [-0.25, -0.2) is 13.1 Å². The van der Waals surface area contributed by atoms with E-state index >= 15 is 0 Å². The fraction of sp³-hybridized carbons (Fsp3) is 0.105. The van der Waals surface area contributed by atoms with Crippen LogP contribution in [0.25, 0.3) is 0 Å². The fourth-order valence-corrected chi connectivity index (χ4v) is 3.72. The highest BCUT2D eigenvalue weighted by Crippen LogP contribution is 2.18. The number of anilines is 1. The highest BCUT2D eigenvalue weighted by atomic mass is 79.9. The highest BCUT2D eigenvalue weighted by Gasteiger charge is 2.15. The van der Waals surface area contributed by atoms with E-state index in [1.54, 1.807) is 42.5 Å². The minimum absolute atomic E-state index is 0.0322. The third kappa shape index (κ3) is 5.69. The standard InChI is InChI=1S/C19H17BrN2O5S/c20-14-4-1-6-16(10-14)27-13-19(23)22-15-5-2-8-18(11-15)28(24,25)21-12-17-7-3-9-26-17/h1-11,21H,12-13H2,(H,22,23). The molecule has 2 aromatic carbocycles. The van der Waals surface area contributed by atoms with Gasteiger partial charge in [0.25, 0.3) is 5.91 Å². The molecule has 0 saturated carbocycles. The van der Waals surface area contributed by atoms with Gasteiger partial charge < -0.3 is 14.5 Å². The van der Waals surface area contributed by atoms with E-state index in [0.29, 0.717) is 17.2 Å². The van der Waals surface area contributed by atoms with Crippen LogP contribution in [0.3, 0.4) is 0 Å². The Morgan fingerprint density at radius 2 is 1.89 bits per heavy atom. The first-order valence-electron chi connectivity index (χ1n) is 8.23. The molecule has 0 saturated heterocycles. The molecule has 146 valence electrons. The van der Waals surface area contributed by atoms with Crippen LogP contribution in [0.4, 0.5) is 5.69 Å². The summed E-state index contributed by atoms with van der Waals surface area (Å²) in [4.78, 5) is 12.1. The lowest BCUT2D eigenvalue weighted by Crippen LogP contribution is -2.24. The summed E-state index contributed by atoms with van der Waals surface area (Å²) < 4.78 is 38.6. The van der Waals surface area contributed by atoms with Crippen molar-refractivity contribution in [1.29, 1.82) is 0 Å². The van der Waals surface area contributed by atoms with E-state index in [2.05, 4.69) is 26.0 Å². The first-order valence-corrected chi connectivity index (χ1v) is 10.5. The van der Waals surface area contributed by atoms with Crippen LogP contribution in [-0.4, -0.2) is 20.9 Å². The second-order valence-corrected chi connectivity index (χ2v) is 8.41. The van der Waals surface area contributed by atoms with Gasteiger partial charge in [-0.1, -0.05) is 28.1 Å². The van der Waals surface area contributed by atoms with Crippen LogP contribution in [0.5, 0.6) is 5.75 Å². The second-order valence-electron chi connectivity index (χ2n) is 5.73. The van der Waals surface area contributed by atoms with Crippen molar-refractivity contribution in [2.24, 2.45) is 0 Å². The minimum Gasteiger partial charge on any atom is -0.484 e. The van der Waals surface area contributed by atoms with Crippen LogP contribution in [0.2, 0.25) is 0 Å². The number of hydrogen-bond acceptors (Lipinski definition) is 5. The molecule has 0 bridgehead atoms. The first kappa shape index (κ1) is 20.1. The Hall–Kier alpha value is -2.62. The SMILES string of the molecule is O=C(COc1cccc(Br)c1)Nc1cccc(S(=O)(=O)NCc2ccco2)c1. The van der Waals surface area contributed by atoms with Crippen LogP contribution in [0.1, 0.15) is 5.76 Å². The minimum atomic E-state index is -3.75. The monoisotopic (exact) mass is 464 g/mol. The van der Waals surface area contributed by atoms with E-state index < -0.39 is 15.9 Å². The number of amides is 1. The maximum atomic E-state index is 12.4. The molecule has 1 heterocycles. The summed E-state index contributed by atoms with van der Waals surface area (Å²) in [6.07, 6.45) is 1.47. The predicted molar refractivity (Wildman–Crippen MR) is 107 cm³/mol. The zero-order chi connectivity index (χ0) is 20.0. The molecule has 0 aliphatic heterocycles. The Labute approximate surface area is 170 Å². The third-order valence-electron chi connectivity index (χ3n) is 3.61. The molecular weight excluding hydrogens is 448 g/mol. The molecule has 1 amide bonds. The summed E-state index contributed by atoms with van der Waals surface area (Å²) in [6.45, 7) is -0.170. The quantitative estimate of drug-likeness (QED) is 0.531. The maximum absolute atomic E-state index is 12.4. The molecule has 1 aromatic heterocycles. The maximum Gasteiger partial charge on any atom is 0.262 e. The number of hydrogen-bond donors (Lipinski definition) is 2. The summed E-state index contributed by atoms with van der Waals surface area (Å²) in [6, 6.07) is 16.4. The Bertz CT molecular complexity index is 1050. The van der Waals surface area contributed by atoms with Gasteiger partial charge in [-0.2, -0.15) is 0 Å². The second kappa shape index (κ2) is 9.05. The largest absolute Gasteiger partial charge is 0.484 e. The van der Waals surface area contributed by atoms with Crippen LogP contribution in [0.15, 0.2) is 80.7 Å². The van der Waals surface area contributed by atoms with Crippen LogP contribution < -0.4 is 14.8 Å². The molecular formula is C19H17BrN2O5S. The van der Waals surface area contributed by atoms with E-state index in [9.17, 15) is 13.2 Å². The Kier molecular flexibility index (Phi) is 6.50. The number of carbonyl (C=O) groups excluding carboxylic acids is 1. The molecule has 0 aliphatic rings. The molecule has 3 aromatic rings. The molecule has 9 heteroatoms. The zero-order valence-electron chi connectivity index (χ0n) is 14.6. The average Bonchev–Trinajstić information content (AvgIpc) is 3.19. The van der Waals surface area contributed by atoms with Crippen molar-refractivity contribution >= 4 is 37.5 Å². The molecule has 0 fully saturated rings. The van der Waals surface area contributed by atoms with Gasteiger partial charge in [-0.15, -0.1) is 0 Å². The topological polar surface area (TPSA) is 97.6 Å². The molecule has 0 aliphatic carbocycles. The summed E-state index contributed by atoms with van der Waals surface area (Å²) in [5.74, 6) is 0.638. The van der Waals surface area contributed by atoms with Gasteiger partial charge in [0.15, 0.2) is 6.61 Å². The molecule has 0 spiro atoms. The van der Waals surface area contributed by atoms with Crippen molar-refractivity contribution in [3.63, 3.8) is 0 Å². The predicted octanol–water partition coefficient (Wildman–Crippen LogP) is 3.54. The van der Waals surface area contributed by atoms with Crippen molar-refractivity contribution in [1.82, 2.24) is 4.72 Å². The van der Waals surface area contributed by atoms with E-state index in [0.717, 1.165) is 4.47 Å². The average molecular weight is 465 g/mol. The van der Waals surface area contributed by atoms with Gasteiger partial charge in [-0.05, 0) is 48.5 Å².